The predicted octanol–water partition coefficient (Wildman–Crippen LogP) is 5.49. The SMILES string of the molecule is CCn1c(O)c(C=NN=C(C)c2ccc(-c3ccccc3)cc2)c2ccc(C3=NNC(=O)CC3)cc21. The van der Waals surface area contributed by atoms with Gasteiger partial charge in [-0.15, -0.1) is 0 Å². The van der Waals surface area contributed by atoms with Crippen LogP contribution in [0.15, 0.2) is 88.1 Å². The number of fused-ring (bicyclic) bond motifs is 1. The van der Waals surface area contributed by atoms with Crippen LogP contribution >= 0.6 is 0 Å². The number of hydrogen-bond donors (Lipinski definition) is 2. The molecule has 0 radical (unpaired) electrons. The first kappa shape index (κ1) is 23.2. The van der Waals surface area contributed by atoms with Gasteiger partial charge in [-0.25, -0.2) is 5.43 Å². The second kappa shape index (κ2) is 10.00. The first-order valence-corrected chi connectivity index (χ1v) is 12.0. The molecule has 180 valence electrons. The summed E-state index contributed by atoms with van der Waals surface area (Å²) >= 11 is 0. The molecule has 1 aliphatic rings. The van der Waals surface area contributed by atoms with E-state index in [1.54, 1.807) is 6.21 Å². The van der Waals surface area contributed by atoms with Crippen molar-refractivity contribution in [2.45, 2.75) is 33.2 Å². The van der Waals surface area contributed by atoms with E-state index in [2.05, 4.69) is 45.0 Å². The van der Waals surface area contributed by atoms with E-state index in [4.69, 9.17) is 0 Å². The van der Waals surface area contributed by atoms with E-state index in [0.29, 0.717) is 24.9 Å². The number of rotatable bonds is 6. The lowest BCUT2D eigenvalue weighted by atomic mass is 10.0. The first-order chi connectivity index (χ1) is 17.5. The van der Waals surface area contributed by atoms with Crippen molar-refractivity contribution >= 4 is 34.4 Å². The van der Waals surface area contributed by atoms with E-state index >= 15 is 0 Å². The number of amides is 1. The fraction of sp³-hybridized carbons (Fsp3) is 0.172. The highest BCUT2D eigenvalue weighted by Crippen LogP contribution is 2.31. The summed E-state index contributed by atoms with van der Waals surface area (Å²) in [6.07, 6.45) is 2.61. The number of hydrazone groups is 1. The molecule has 1 aliphatic heterocycles. The Morgan fingerprint density at radius 1 is 1.03 bits per heavy atom. The molecule has 1 amide bonds. The summed E-state index contributed by atoms with van der Waals surface area (Å²) in [5, 5.41) is 24.7. The molecular weight excluding hydrogens is 450 g/mol. The zero-order valence-corrected chi connectivity index (χ0v) is 20.3. The predicted molar refractivity (Wildman–Crippen MR) is 145 cm³/mol. The molecule has 0 saturated heterocycles. The van der Waals surface area contributed by atoms with Gasteiger partial charge in [0.1, 0.15) is 0 Å². The van der Waals surface area contributed by atoms with E-state index in [1.165, 1.54) is 5.56 Å². The third-order valence-corrected chi connectivity index (χ3v) is 6.43. The maximum Gasteiger partial charge on any atom is 0.240 e. The highest BCUT2D eigenvalue weighted by atomic mass is 16.3. The van der Waals surface area contributed by atoms with Gasteiger partial charge >= 0.3 is 0 Å². The van der Waals surface area contributed by atoms with E-state index in [-0.39, 0.29) is 11.8 Å². The molecular formula is C29H27N5O2. The van der Waals surface area contributed by atoms with Gasteiger partial charge < -0.3 is 9.67 Å². The van der Waals surface area contributed by atoms with Crippen molar-refractivity contribution in [2.75, 3.05) is 0 Å². The van der Waals surface area contributed by atoms with Crippen LogP contribution in [0.5, 0.6) is 5.88 Å². The zero-order valence-electron chi connectivity index (χ0n) is 20.3. The molecule has 1 aromatic heterocycles. The molecule has 0 saturated carbocycles. The summed E-state index contributed by atoms with van der Waals surface area (Å²) in [5.74, 6) is 0.0724. The van der Waals surface area contributed by atoms with Gasteiger partial charge in [0.25, 0.3) is 0 Å². The van der Waals surface area contributed by atoms with E-state index < -0.39 is 0 Å². The van der Waals surface area contributed by atoms with Crippen LogP contribution in [0.25, 0.3) is 22.0 Å². The molecule has 0 unspecified atom stereocenters. The summed E-state index contributed by atoms with van der Waals surface area (Å²) < 4.78 is 1.83. The van der Waals surface area contributed by atoms with Crippen LogP contribution in [-0.4, -0.2) is 33.2 Å². The van der Waals surface area contributed by atoms with Crippen LogP contribution in [0.2, 0.25) is 0 Å². The number of nitrogens with one attached hydrogen (secondary N) is 1. The number of aromatic nitrogens is 1. The number of hydrogen-bond acceptors (Lipinski definition) is 5. The molecule has 0 fully saturated rings. The van der Waals surface area contributed by atoms with E-state index in [1.807, 2.05) is 66.9 Å². The number of benzene rings is 3. The number of aromatic hydroxyl groups is 1. The van der Waals surface area contributed by atoms with Gasteiger partial charge in [0.2, 0.25) is 11.8 Å². The summed E-state index contributed by atoms with van der Waals surface area (Å²) in [5.41, 5.74) is 9.87. The van der Waals surface area contributed by atoms with E-state index in [0.717, 1.165) is 39.0 Å². The molecule has 0 spiro atoms. The van der Waals surface area contributed by atoms with Crippen LogP contribution < -0.4 is 5.43 Å². The number of nitrogens with zero attached hydrogens (tertiary/aromatic N) is 4. The van der Waals surface area contributed by atoms with Crippen molar-refractivity contribution < 1.29 is 9.90 Å². The number of carbonyl (C=O) groups is 1. The Bertz CT molecular complexity index is 1510. The fourth-order valence-electron chi connectivity index (χ4n) is 4.44. The molecule has 0 bridgehead atoms. The highest BCUT2D eigenvalue weighted by Gasteiger charge is 2.18. The molecule has 0 atom stereocenters. The van der Waals surface area contributed by atoms with Gasteiger partial charge in [0.15, 0.2) is 0 Å². The van der Waals surface area contributed by atoms with Gasteiger partial charge in [0.05, 0.1) is 28.7 Å². The molecule has 2 heterocycles. The van der Waals surface area contributed by atoms with Crippen LogP contribution in [0.3, 0.4) is 0 Å². The van der Waals surface area contributed by atoms with Gasteiger partial charge in [-0.05, 0) is 42.2 Å². The Morgan fingerprint density at radius 3 is 2.44 bits per heavy atom. The van der Waals surface area contributed by atoms with E-state index in [9.17, 15) is 9.90 Å². The average Bonchev–Trinajstić information content (AvgIpc) is 3.19. The molecule has 7 nitrogen and oxygen atoms in total. The molecule has 0 aliphatic carbocycles. The largest absolute Gasteiger partial charge is 0.494 e. The minimum Gasteiger partial charge on any atom is -0.494 e. The van der Waals surface area contributed by atoms with Crippen molar-refractivity contribution in [3.63, 3.8) is 0 Å². The Hall–Kier alpha value is -4.52. The quantitative estimate of drug-likeness (QED) is 0.284. The first-order valence-electron chi connectivity index (χ1n) is 12.0. The van der Waals surface area contributed by atoms with Gasteiger partial charge in [0, 0.05) is 24.8 Å². The fourth-order valence-corrected chi connectivity index (χ4v) is 4.44. The maximum atomic E-state index is 11.4. The van der Waals surface area contributed by atoms with Crippen LogP contribution in [-0.2, 0) is 11.3 Å². The summed E-state index contributed by atoms with van der Waals surface area (Å²) in [6, 6.07) is 24.4. The Kier molecular flexibility index (Phi) is 6.45. The molecule has 36 heavy (non-hydrogen) atoms. The lowest BCUT2D eigenvalue weighted by molar-refractivity contribution is -0.121. The third kappa shape index (κ3) is 4.55. The van der Waals surface area contributed by atoms with Crippen LogP contribution in [0, 0.1) is 0 Å². The minimum atomic E-state index is -0.0733. The zero-order chi connectivity index (χ0) is 25.1. The lowest BCUT2D eigenvalue weighted by Gasteiger charge is -2.12. The molecule has 7 heteroatoms. The second-order valence-corrected chi connectivity index (χ2v) is 8.68. The highest BCUT2D eigenvalue weighted by molar-refractivity contribution is 6.09. The second-order valence-electron chi connectivity index (χ2n) is 8.68. The van der Waals surface area contributed by atoms with Crippen molar-refractivity contribution in [2.24, 2.45) is 15.3 Å². The van der Waals surface area contributed by atoms with Crippen molar-refractivity contribution in [3.8, 4) is 17.0 Å². The molecule has 5 rings (SSSR count). The van der Waals surface area contributed by atoms with Crippen molar-refractivity contribution in [1.82, 2.24) is 9.99 Å². The minimum absolute atomic E-state index is 0.0733. The Balaban J connectivity index is 1.41. The standard InChI is InChI=1S/C29H27N5O2/c1-3-34-27-17-23(26-15-16-28(35)33-32-26)13-14-24(27)25(29(34)36)18-30-31-19(2)20-9-11-22(12-10-20)21-7-5-4-6-8-21/h4-14,17-18,36H,3,15-16H2,1-2H3,(H,33,35). The van der Waals surface area contributed by atoms with Gasteiger partial charge in [-0.2, -0.15) is 15.3 Å². The summed E-state index contributed by atoms with van der Waals surface area (Å²) in [7, 11) is 0. The van der Waals surface area contributed by atoms with Crippen molar-refractivity contribution in [3.05, 3.63) is 89.5 Å². The normalized spacial score (nSPS) is 14.3. The van der Waals surface area contributed by atoms with Crippen molar-refractivity contribution in [1.29, 1.82) is 0 Å². The monoisotopic (exact) mass is 477 g/mol. The Labute approximate surface area is 209 Å². The smallest absolute Gasteiger partial charge is 0.240 e. The molecule has 3 aromatic carbocycles. The van der Waals surface area contributed by atoms with Gasteiger partial charge in [-0.3, -0.25) is 4.79 Å². The van der Waals surface area contributed by atoms with Gasteiger partial charge in [-0.1, -0.05) is 66.7 Å². The summed E-state index contributed by atoms with van der Waals surface area (Å²) in [4.78, 5) is 11.4. The maximum absolute atomic E-state index is 11.4. The average molecular weight is 478 g/mol. The number of aryl methyl sites for hydroxylation is 1. The van der Waals surface area contributed by atoms with Crippen LogP contribution in [0.4, 0.5) is 0 Å². The van der Waals surface area contributed by atoms with Crippen LogP contribution in [0.1, 0.15) is 43.4 Å². The molecule has 4 aromatic rings. The topological polar surface area (TPSA) is 91.3 Å². The number of carbonyl (C=O) groups excluding carboxylic acids is 1. The molecule has 2 N–H and O–H groups in total. The lowest BCUT2D eigenvalue weighted by Crippen LogP contribution is -2.25. The Morgan fingerprint density at radius 2 is 1.75 bits per heavy atom. The summed E-state index contributed by atoms with van der Waals surface area (Å²) in [6.45, 7) is 4.49. The third-order valence-electron chi connectivity index (χ3n) is 6.43.